The topological polar surface area (TPSA) is 57.7 Å². The van der Waals surface area contributed by atoms with Gasteiger partial charge in [-0.2, -0.15) is 0 Å². The lowest BCUT2D eigenvalue weighted by molar-refractivity contribution is -0.146. The van der Waals surface area contributed by atoms with Gasteiger partial charge in [-0.25, -0.2) is 0 Å². The quantitative estimate of drug-likeness (QED) is 0.562. The molecule has 1 heterocycles. The molecule has 0 spiro atoms. The van der Waals surface area contributed by atoms with Crippen molar-refractivity contribution in [3.05, 3.63) is 12.2 Å². The second kappa shape index (κ2) is 5.28. The maximum Gasteiger partial charge on any atom is 0.242 e. The highest BCUT2D eigenvalue weighted by Gasteiger charge is 2.59. The number of fused-ring (bicyclic) bond motifs is 5. The first kappa shape index (κ1) is 14.3. The molecule has 4 unspecified atom stereocenters. The first-order chi connectivity index (χ1) is 10.0. The lowest BCUT2D eigenvalue weighted by Gasteiger charge is -2.21. The van der Waals surface area contributed by atoms with Gasteiger partial charge in [-0.05, 0) is 24.7 Å². The zero-order valence-electron chi connectivity index (χ0n) is 12.6. The van der Waals surface area contributed by atoms with Gasteiger partial charge in [0.25, 0.3) is 0 Å². The van der Waals surface area contributed by atoms with Gasteiger partial charge in [-0.15, -0.1) is 0 Å². The van der Waals surface area contributed by atoms with Crippen molar-refractivity contribution < 1.29 is 14.4 Å². The van der Waals surface area contributed by atoms with Crippen LogP contribution in [0.25, 0.3) is 0 Å². The Balaban J connectivity index is 1.66. The van der Waals surface area contributed by atoms with Gasteiger partial charge in [0.2, 0.25) is 17.7 Å². The molecular weight excluding hydrogens is 268 g/mol. The van der Waals surface area contributed by atoms with Crippen LogP contribution in [0.1, 0.15) is 26.2 Å². The summed E-state index contributed by atoms with van der Waals surface area (Å²) < 4.78 is 0. The van der Waals surface area contributed by atoms with E-state index >= 15 is 0 Å². The van der Waals surface area contributed by atoms with Crippen LogP contribution in [-0.2, 0) is 14.4 Å². The van der Waals surface area contributed by atoms with E-state index in [0.717, 1.165) is 19.3 Å². The number of unbranched alkanes of at least 4 members (excludes halogenated alkanes) is 1. The molecule has 2 aliphatic carbocycles. The minimum Gasteiger partial charge on any atom is -0.344 e. The van der Waals surface area contributed by atoms with Crippen LogP contribution in [0.15, 0.2) is 12.2 Å². The lowest BCUT2D eigenvalue weighted by atomic mass is 9.85. The molecule has 3 amide bonds. The summed E-state index contributed by atoms with van der Waals surface area (Å²) in [5.74, 6) is -0.435. The molecule has 2 bridgehead atoms. The third kappa shape index (κ3) is 2.19. The Bertz CT molecular complexity index is 484. The maximum atomic E-state index is 12.5. The van der Waals surface area contributed by atoms with Crippen LogP contribution in [0.3, 0.4) is 0 Å². The Morgan fingerprint density at radius 2 is 1.81 bits per heavy atom. The van der Waals surface area contributed by atoms with Crippen molar-refractivity contribution in [3.63, 3.8) is 0 Å². The second-order valence-electron chi connectivity index (χ2n) is 6.43. The molecule has 21 heavy (non-hydrogen) atoms. The van der Waals surface area contributed by atoms with Gasteiger partial charge in [-0.3, -0.25) is 19.3 Å². The molecule has 0 aromatic rings. The van der Waals surface area contributed by atoms with E-state index in [0.29, 0.717) is 6.54 Å². The van der Waals surface area contributed by atoms with E-state index in [1.165, 1.54) is 4.90 Å². The summed E-state index contributed by atoms with van der Waals surface area (Å²) in [5, 5.41) is 0. The van der Waals surface area contributed by atoms with Crippen LogP contribution < -0.4 is 0 Å². The minimum atomic E-state index is -0.207. The number of nitrogens with zero attached hydrogens (tertiary/aromatic N) is 2. The van der Waals surface area contributed by atoms with Crippen LogP contribution in [0, 0.1) is 23.7 Å². The van der Waals surface area contributed by atoms with Crippen molar-refractivity contribution in [1.29, 1.82) is 0 Å². The first-order valence-corrected chi connectivity index (χ1v) is 7.82. The summed E-state index contributed by atoms with van der Waals surface area (Å²) in [5.41, 5.74) is 0. The van der Waals surface area contributed by atoms with E-state index in [9.17, 15) is 14.4 Å². The number of carbonyl (C=O) groups excluding carboxylic acids is 3. The second-order valence-corrected chi connectivity index (χ2v) is 6.43. The number of amides is 3. The van der Waals surface area contributed by atoms with Crippen LogP contribution in [0.4, 0.5) is 0 Å². The number of hydrogen-bond donors (Lipinski definition) is 0. The molecule has 0 radical (unpaired) electrons. The molecule has 3 rings (SSSR count). The number of hydrogen-bond acceptors (Lipinski definition) is 3. The predicted octanol–water partition coefficient (Wildman–Crippen LogP) is 1.05. The Morgan fingerprint density at radius 1 is 1.24 bits per heavy atom. The molecular formula is C16H22N2O3. The molecule has 0 N–H and O–H groups in total. The van der Waals surface area contributed by atoms with Crippen molar-refractivity contribution in [1.82, 2.24) is 9.80 Å². The molecule has 1 saturated carbocycles. The summed E-state index contributed by atoms with van der Waals surface area (Å²) in [4.78, 5) is 39.9. The Labute approximate surface area is 125 Å². The summed E-state index contributed by atoms with van der Waals surface area (Å²) in [6.07, 6.45) is 7.00. The van der Waals surface area contributed by atoms with Crippen molar-refractivity contribution in [2.45, 2.75) is 26.2 Å². The minimum absolute atomic E-state index is 0.0929. The normalized spacial score (nSPS) is 33.0. The van der Waals surface area contributed by atoms with Crippen LogP contribution in [0.2, 0.25) is 0 Å². The van der Waals surface area contributed by atoms with Gasteiger partial charge in [0.05, 0.1) is 11.8 Å². The van der Waals surface area contributed by atoms with Crippen LogP contribution >= 0.6 is 0 Å². The van der Waals surface area contributed by atoms with E-state index in [1.54, 1.807) is 11.9 Å². The molecule has 0 aromatic carbocycles. The van der Waals surface area contributed by atoms with Crippen molar-refractivity contribution in [2.24, 2.45) is 23.7 Å². The average molecular weight is 290 g/mol. The monoisotopic (exact) mass is 290 g/mol. The van der Waals surface area contributed by atoms with Gasteiger partial charge in [0, 0.05) is 13.6 Å². The van der Waals surface area contributed by atoms with E-state index in [-0.39, 0.29) is 47.9 Å². The standard InChI is InChI=1S/C16H22N2O3/c1-3-4-7-17(2)12(19)9-18-15(20)13-10-5-6-11(8-10)14(13)16(18)21/h5-6,10-11,13-14H,3-4,7-9H2,1-2H3. The maximum absolute atomic E-state index is 12.5. The molecule has 3 aliphatic rings. The summed E-state index contributed by atoms with van der Waals surface area (Å²) >= 11 is 0. The number of imide groups is 1. The fourth-order valence-electron chi connectivity index (χ4n) is 3.90. The molecule has 1 saturated heterocycles. The number of allylic oxidation sites excluding steroid dienone is 2. The summed E-state index contributed by atoms with van der Waals surface area (Å²) in [7, 11) is 1.73. The van der Waals surface area contributed by atoms with Crippen LogP contribution in [0.5, 0.6) is 0 Å². The Kier molecular flexibility index (Phi) is 3.59. The molecule has 5 nitrogen and oxygen atoms in total. The molecule has 2 fully saturated rings. The van der Waals surface area contributed by atoms with Crippen molar-refractivity contribution in [3.8, 4) is 0 Å². The van der Waals surface area contributed by atoms with Gasteiger partial charge in [0.15, 0.2) is 0 Å². The molecule has 1 aliphatic heterocycles. The first-order valence-electron chi connectivity index (χ1n) is 7.82. The highest BCUT2D eigenvalue weighted by Crippen LogP contribution is 2.52. The lowest BCUT2D eigenvalue weighted by Crippen LogP contribution is -2.42. The highest BCUT2D eigenvalue weighted by molar-refractivity contribution is 6.08. The zero-order chi connectivity index (χ0) is 15.1. The third-order valence-corrected chi connectivity index (χ3v) is 5.13. The summed E-state index contributed by atoms with van der Waals surface area (Å²) in [6, 6.07) is 0. The SMILES string of the molecule is CCCCN(C)C(=O)CN1C(=O)C2C3C=CC(C3)C2C1=O. The van der Waals surface area contributed by atoms with Crippen molar-refractivity contribution in [2.75, 3.05) is 20.1 Å². The highest BCUT2D eigenvalue weighted by atomic mass is 16.2. The Hall–Kier alpha value is -1.65. The number of rotatable bonds is 5. The van der Waals surface area contributed by atoms with Gasteiger partial charge < -0.3 is 4.90 Å². The van der Waals surface area contributed by atoms with Crippen LogP contribution in [-0.4, -0.2) is 47.7 Å². The van der Waals surface area contributed by atoms with Gasteiger partial charge >= 0.3 is 0 Å². The van der Waals surface area contributed by atoms with E-state index < -0.39 is 0 Å². The smallest absolute Gasteiger partial charge is 0.242 e. The fraction of sp³-hybridized carbons (Fsp3) is 0.688. The van der Waals surface area contributed by atoms with E-state index in [1.807, 2.05) is 0 Å². The molecule has 0 aromatic heterocycles. The predicted molar refractivity (Wildman–Crippen MR) is 77.0 cm³/mol. The summed E-state index contributed by atoms with van der Waals surface area (Å²) in [6.45, 7) is 2.64. The number of carbonyl (C=O) groups is 3. The van der Waals surface area contributed by atoms with E-state index in [2.05, 4.69) is 19.1 Å². The Morgan fingerprint density at radius 3 is 2.33 bits per heavy atom. The average Bonchev–Trinajstić information content (AvgIpc) is 3.14. The van der Waals surface area contributed by atoms with Crippen molar-refractivity contribution >= 4 is 17.7 Å². The molecule has 4 atom stereocenters. The zero-order valence-corrected chi connectivity index (χ0v) is 12.6. The number of likely N-dealkylation sites (tertiary alicyclic amines) is 1. The van der Waals surface area contributed by atoms with E-state index in [4.69, 9.17) is 0 Å². The van der Waals surface area contributed by atoms with Gasteiger partial charge in [-0.1, -0.05) is 25.5 Å². The van der Waals surface area contributed by atoms with Gasteiger partial charge in [0.1, 0.15) is 6.54 Å². The molecule has 114 valence electrons. The number of likely N-dealkylation sites (N-methyl/N-ethyl adjacent to an activating group) is 1. The fourth-order valence-corrected chi connectivity index (χ4v) is 3.90. The molecule has 5 heteroatoms. The third-order valence-electron chi connectivity index (χ3n) is 5.13. The largest absolute Gasteiger partial charge is 0.344 e.